The van der Waals surface area contributed by atoms with Crippen LogP contribution in [0.4, 0.5) is 0 Å². The molecule has 0 aromatic carbocycles. The van der Waals surface area contributed by atoms with Crippen molar-refractivity contribution >= 4 is 30.4 Å². The van der Waals surface area contributed by atoms with Gasteiger partial charge in [0.15, 0.2) is 0 Å². The van der Waals surface area contributed by atoms with Crippen molar-refractivity contribution in [3.8, 4) is 0 Å². The van der Waals surface area contributed by atoms with Crippen molar-refractivity contribution < 1.29 is 38.9 Å². The largest absolute Gasteiger partial charge is 0.300 e. The Kier molecular flexibility index (Phi) is 9.81. The highest BCUT2D eigenvalue weighted by atomic mass is 32.2. The Labute approximate surface area is 142 Å². The third kappa shape index (κ3) is 15.2. The smallest absolute Gasteiger partial charge is 0.266 e. The average Bonchev–Trinajstić information content (AvgIpc) is 2.42. The summed E-state index contributed by atoms with van der Waals surface area (Å²) in [5.41, 5.74) is 0. The van der Waals surface area contributed by atoms with Crippen LogP contribution in [0.3, 0.4) is 0 Å². The molecule has 0 aromatic heterocycles. The fourth-order valence-corrected chi connectivity index (χ4v) is 2.70. The van der Waals surface area contributed by atoms with E-state index >= 15 is 0 Å². The fourth-order valence-electron chi connectivity index (χ4n) is 1.73. The van der Waals surface area contributed by atoms with Gasteiger partial charge in [-0.3, -0.25) is 23.5 Å². The van der Waals surface area contributed by atoms with E-state index in [1.54, 1.807) is 0 Å². The van der Waals surface area contributed by atoms with Gasteiger partial charge in [-0.1, -0.05) is 0 Å². The molecule has 0 atom stereocenters. The van der Waals surface area contributed by atoms with Crippen LogP contribution < -0.4 is 0 Å². The molecular weight excluding hydrogens is 388 g/mol. The second kappa shape index (κ2) is 9.96. The highest BCUT2D eigenvalue weighted by Crippen LogP contribution is 2.02. The van der Waals surface area contributed by atoms with E-state index in [-0.39, 0.29) is 30.3 Å². The lowest BCUT2D eigenvalue weighted by Crippen LogP contribution is -2.48. The molecule has 0 spiro atoms. The van der Waals surface area contributed by atoms with Crippen LogP contribution in [0.25, 0.3) is 0 Å². The molecule has 146 valence electrons. The first-order valence-corrected chi connectivity index (χ1v) is 11.8. The molecule has 0 aliphatic carbocycles. The molecule has 1 aliphatic rings. The molecule has 1 aliphatic heterocycles. The van der Waals surface area contributed by atoms with Crippen LogP contribution in [0.15, 0.2) is 0 Å². The van der Waals surface area contributed by atoms with E-state index in [9.17, 15) is 25.3 Å². The van der Waals surface area contributed by atoms with E-state index in [0.29, 0.717) is 26.2 Å². The van der Waals surface area contributed by atoms with Gasteiger partial charge >= 0.3 is 0 Å². The van der Waals surface area contributed by atoms with Gasteiger partial charge in [-0.05, 0) is 6.92 Å². The van der Waals surface area contributed by atoms with Crippen LogP contribution in [0.5, 0.6) is 0 Å². The van der Waals surface area contributed by atoms with Crippen molar-refractivity contribution in [2.75, 3.05) is 56.5 Å². The lowest BCUT2D eigenvalue weighted by molar-refractivity contribution is 0.143. The molecular formula is C10H24N2O9S3. The van der Waals surface area contributed by atoms with Crippen molar-refractivity contribution in [2.45, 2.75) is 6.92 Å². The Morgan fingerprint density at radius 2 is 0.917 bits per heavy atom. The van der Waals surface area contributed by atoms with Gasteiger partial charge in [-0.2, -0.15) is 25.3 Å². The van der Waals surface area contributed by atoms with Crippen molar-refractivity contribution in [1.82, 2.24) is 9.80 Å². The maximum atomic E-state index is 10.6. The first-order chi connectivity index (χ1) is 10.7. The minimum Gasteiger partial charge on any atom is -0.300 e. The predicted molar refractivity (Wildman–Crippen MR) is 87.8 cm³/mol. The molecule has 3 N–H and O–H groups in total. The molecule has 0 amide bonds. The van der Waals surface area contributed by atoms with E-state index in [1.165, 1.54) is 6.92 Å². The summed E-state index contributed by atoms with van der Waals surface area (Å²) in [5, 5.41) is 0. The standard InChI is InChI=1S/C8H18N2O6S2.C2H6O3S/c11-17(12,13)7-5-9-1-2-10(4-3-9)6-8-18(14,15)16;1-2-6(3,4)5/h1-8H2,(H,11,12,13)(H,14,15,16);2H2,1H3,(H,3,4,5). The maximum absolute atomic E-state index is 10.6. The summed E-state index contributed by atoms with van der Waals surface area (Å²) in [6.45, 7) is 4.36. The molecule has 0 radical (unpaired) electrons. The van der Waals surface area contributed by atoms with E-state index < -0.39 is 30.4 Å². The molecule has 1 rings (SSSR count). The fraction of sp³-hybridized carbons (Fsp3) is 1.00. The molecule has 1 heterocycles. The third-order valence-corrected chi connectivity index (χ3v) is 5.29. The second-order valence-corrected chi connectivity index (χ2v) is 10.0. The minimum absolute atomic E-state index is 0.201. The van der Waals surface area contributed by atoms with Crippen molar-refractivity contribution in [1.29, 1.82) is 0 Å². The number of piperazine rings is 1. The number of hydrogen-bond donors (Lipinski definition) is 3. The Morgan fingerprint density at radius 1 is 0.667 bits per heavy atom. The molecule has 1 fully saturated rings. The zero-order valence-electron chi connectivity index (χ0n) is 13.3. The topological polar surface area (TPSA) is 170 Å². The van der Waals surface area contributed by atoms with Crippen LogP contribution in [0.2, 0.25) is 0 Å². The molecule has 0 aromatic rings. The maximum Gasteiger partial charge on any atom is 0.266 e. The Hall–Kier alpha value is -0.350. The summed E-state index contributed by atoms with van der Waals surface area (Å²) in [6.07, 6.45) is 0. The molecule has 11 nitrogen and oxygen atoms in total. The van der Waals surface area contributed by atoms with E-state index in [0.717, 1.165) is 0 Å². The zero-order valence-corrected chi connectivity index (χ0v) is 15.7. The zero-order chi connectivity index (χ0) is 19.0. The molecule has 14 heteroatoms. The number of nitrogens with zero attached hydrogens (tertiary/aromatic N) is 2. The Morgan fingerprint density at radius 3 is 1.08 bits per heavy atom. The summed E-state index contributed by atoms with van der Waals surface area (Å²) >= 11 is 0. The summed E-state index contributed by atoms with van der Waals surface area (Å²) in [5.74, 6) is -0.789. The third-order valence-electron chi connectivity index (χ3n) is 3.16. The lowest BCUT2D eigenvalue weighted by Gasteiger charge is -2.34. The van der Waals surface area contributed by atoms with Crippen LogP contribution in [0.1, 0.15) is 6.92 Å². The van der Waals surface area contributed by atoms with Gasteiger partial charge in [0, 0.05) is 39.3 Å². The van der Waals surface area contributed by atoms with Crippen molar-refractivity contribution in [3.63, 3.8) is 0 Å². The van der Waals surface area contributed by atoms with Gasteiger partial charge in [0.1, 0.15) is 0 Å². The molecule has 1 saturated heterocycles. The van der Waals surface area contributed by atoms with E-state index in [2.05, 4.69) is 0 Å². The first-order valence-electron chi connectivity index (χ1n) is 7.02. The van der Waals surface area contributed by atoms with Gasteiger partial charge < -0.3 is 0 Å². The predicted octanol–water partition coefficient (Wildman–Crippen LogP) is -1.73. The van der Waals surface area contributed by atoms with Gasteiger partial charge in [0.25, 0.3) is 30.4 Å². The molecule has 24 heavy (non-hydrogen) atoms. The summed E-state index contributed by atoms with van der Waals surface area (Å²) in [4.78, 5) is 3.77. The van der Waals surface area contributed by atoms with Crippen LogP contribution in [0, 0.1) is 0 Å². The van der Waals surface area contributed by atoms with Crippen LogP contribution >= 0.6 is 0 Å². The van der Waals surface area contributed by atoms with Crippen molar-refractivity contribution in [3.05, 3.63) is 0 Å². The quantitative estimate of drug-likeness (QED) is 0.406. The van der Waals surface area contributed by atoms with Crippen molar-refractivity contribution in [2.24, 2.45) is 0 Å². The summed E-state index contributed by atoms with van der Waals surface area (Å²) in [7, 11) is -11.5. The normalized spacial score (nSPS) is 18.0. The molecule has 0 unspecified atom stereocenters. The monoisotopic (exact) mass is 412 g/mol. The first kappa shape index (κ1) is 23.6. The van der Waals surface area contributed by atoms with E-state index in [1.807, 2.05) is 9.80 Å². The molecule has 0 bridgehead atoms. The SMILES string of the molecule is CCS(=O)(=O)O.O=S(=O)(O)CCN1CCN(CCS(=O)(=O)O)CC1. The van der Waals surface area contributed by atoms with Crippen LogP contribution in [-0.2, 0) is 30.4 Å². The Balaban J connectivity index is 0.000000754. The Bertz CT molecular complexity index is 620. The second-order valence-electron chi connectivity index (χ2n) is 5.13. The van der Waals surface area contributed by atoms with Gasteiger partial charge in [0.2, 0.25) is 0 Å². The molecule has 0 saturated carbocycles. The highest BCUT2D eigenvalue weighted by molar-refractivity contribution is 7.86. The minimum atomic E-state index is -3.93. The van der Waals surface area contributed by atoms with Gasteiger partial charge in [-0.15, -0.1) is 0 Å². The summed E-state index contributed by atoms with van der Waals surface area (Å²) < 4.78 is 86.4. The van der Waals surface area contributed by atoms with Gasteiger partial charge in [-0.25, -0.2) is 0 Å². The van der Waals surface area contributed by atoms with Crippen LogP contribution in [-0.4, -0.2) is 105 Å². The average molecular weight is 413 g/mol. The highest BCUT2D eigenvalue weighted by Gasteiger charge is 2.19. The summed E-state index contributed by atoms with van der Waals surface area (Å²) in [6, 6.07) is 0. The van der Waals surface area contributed by atoms with E-state index in [4.69, 9.17) is 13.7 Å². The number of rotatable bonds is 7. The number of hydrogen-bond acceptors (Lipinski definition) is 8. The van der Waals surface area contributed by atoms with Gasteiger partial charge in [0.05, 0.1) is 17.3 Å². The lowest BCUT2D eigenvalue weighted by atomic mass is 10.3.